The number of nitrogens with one attached hydrogen (secondary N) is 1. The molecule has 3 N–H and O–H groups in total. The smallest absolute Gasteiger partial charge is 0.365 e. The lowest BCUT2D eigenvalue weighted by Crippen LogP contribution is -2.44. The second-order valence-electron chi connectivity index (χ2n) is 4.17. The minimum Gasteiger partial charge on any atom is -0.365 e. The Kier molecular flexibility index (Phi) is 3.61. The number of hydrogen-bond donors (Lipinski definition) is 2. The first-order valence-corrected chi connectivity index (χ1v) is 5.73. The van der Waals surface area contributed by atoms with E-state index in [1.807, 2.05) is 0 Å². The van der Waals surface area contributed by atoms with Crippen LogP contribution in [0.2, 0.25) is 0 Å². The average Bonchev–Trinajstić information content (AvgIpc) is 2.38. The molecular weight excluding hydrogens is 261 g/mol. The largest absolute Gasteiger partial charge is 0.433 e. The maximum atomic E-state index is 12.7. The molecule has 19 heavy (non-hydrogen) atoms. The number of halogens is 3. The minimum atomic E-state index is -4.54. The number of alkyl halides is 3. The first-order chi connectivity index (χ1) is 8.89. The van der Waals surface area contributed by atoms with Gasteiger partial charge in [0.25, 0.3) is 5.91 Å². The number of primary amides is 1. The zero-order valence-corrected chi connectivity index (χ0v) is 10.00. The molecule has 1 saturated heterocycles. The van der Waals surface area contributed by atoms with E-state index >= 15 is 0 Å². The summed E-state index contributed by atoms with van der Waals surface area (Å²) >= 11 is 0. The predicted molar refractivity (Wildman–Crippen MR) is 62.8 cm³/mol. The molecule has 0 spiro atoms. The Labute approximate surface area is 107 Å². The van der Waals surface area contributed by atoms with Gasteiger partial charge < -0.3 is 16.0 Å². The van der Waals surface area contributed by atoms with Gasteiger partial charge in [0.1, 0.15) is 11.5 Å². The molecule has 0 saturated carbocycles. The summed E-state index contributed by atoms with van der Waals surface area (Å²) in [6.45, 7) is 2.20. The van der Waals surface area contributed by atoms with Gasteiger partial charge in [0.15, 0.2) is 0 Å². The van der Waals surface area contributed by atoms with Gasteiger partial charge in [0.2, 0.25) is 0 Å². The van der Waals surface area contributed by atoms with Gasteiger partial charge in [0.05, 0.1) is 5.56 Å². The Hall–Kier alpha value is -1.83. The molecular formula is C11H13F3N4O. The number of carbonyl (C=O) groups excluding carboxylic acids is 1. The molecule has 8 heteroatoms. The van der Waals surface area contributed by atoms with E-state index in [9.17, 15) is 18.0 Å². The molecule has 0 unspecified atom stereocenters. The van der Waals surface area contributed by atoms with Crippen molar-refractivity contribution in [3.63, 3.8) is 0 Å². The molecule has 5 nitrogen and oxygen atoms in total. The van der Waals surface area contributed by atoms with Crippen LogP contribution in [0.3, 0.4) is 0 Å². The molecule has 104 valence electrons. The predicted octanol–water partition coefficient (Wildman–Crippen LogP) is 0.609. The zero-order chi connectivity index (χ0) is 14.0. The number of anilines is 1. The Morgan fingerprint density at radius 1 is 1.32 bits per heavy atom. The maximum absolute atomic E-state index is 12.7. The minimum absolute atomic E-state index is 0.00354. The average molecular weight is 274 g/mol. The molecule has 0 aromatic carbocycles. The molecule has 0 aliphatic carbocycles. The van der Waals surface area contributed by atoms with Crippen molar-refractivity contribution < 1.29 is 18.0 Å². The Morgan fingerprint density at radius 2 is 1.95 bits per heavy atom. The summed E-state index contributed by atoms with van der Waals surface area (Å²) < 4.78 is 38.0. The maximum Gasteiger partial charge on any atom is 0.433 e. The lowest BCUT2D eigenvalue weighted by atomic mass is 10.2. The van der Waals surface area contributed by atoms with E-state index in [1.165, 1.54) is 0 Å². The summed E-state index contributed by atoms with van der Waals surface area (Å²) in [5, 5.41) is 3.07. The normalized spacial score (nSPS) is 16.5. The van der Waals surface area contributed by atoms with Gasteiger partial charge in [-0.3, -0.25) is 4.79 Å². The van der Waals surface area contributed by atoms with Crippen molar-refractivity contribution in [2.45, 2.75) is 6.18 Å². The topological polar surface area (TPSA) is 71.2 Å². The highest BCUT2D eigenvalue weighted by Gasteiger charge is 2.34. The van der Waals surface area contributed by atoms with Crippen LogP contribution >= 0.6 is 0 Å². The van der Waals surface area contributed by atoms with E-state index < -0.39 is 17.8 Å². The summed E-state index contributed by atoms with van der Waals surface area (Å²) in [5.74, 6) is -0.779. The molecule has 0 atom stereocenters. The van der Waals surface area contributed by atoms with Crippen LogP contribution in [0.4, 0.5) is 19.0 Å². The lowest BCUT2D eigenvalue weighted by molar-refractivity contribution is -0.141. The van der Waals surface area contributed by atoms with E-state index in [-0.39, 0.29) is 11.4 Å². The number of aromatic nitrogens is 1. The number of hydrogen-bond acceptors (Lipinski definition) is 4. The number of amides is 1. The fraction of sp³-hybridized carbons (Fsp3) is 0.455. The van der Waals surface area contributed by atoms with E-state index in [2.05, 4.69) is 10.3 Å². The molecule has 2 rings (SSSR count). The first kappa shape index (κ1) is 13.6. The van der Waals surface area contributed by atoms with Crippen molar-refractivity contribution >= 4 is 11.7 Å². The molecule has 0 radical (unpaired) electrons. The van der Waals surface area contributed by atoms with E-state index in [4.69, 9.17) is 5.73 Å². The van der Waals surface area contributed by atoms with E-state index in [0.29, 0.717) is 26.2 Å². The van der Waals surface area contributed by atoms with E-state index in [0.717, 1.165) is 12.1 Å². The highest BCUT2D eigenvalue weighted by Crippen LogP contribution is 2.30. The summed E-state index contributed by atoms with van der Waals surface area (Å²) in [7, 11) is 0. The number of piperazine rings is 1. The van der Waals surface area contributed by atoms with Crippen LogP contribution in [-0.4, -0.2) is 37.1 Å². The lowest BCUT2D eigenvalue weighted by Gasteiger charge is -2.29. The van der Waals surface area contributed by atoms with Gasteiger partial charge in [-0.25, -0.2) is 4.98 Å². The Morgan fingerprint density at radius 3 is 2.47 bits per heavy atom. The second kappa shape index (κ2) is 5.04. The molecule has 1 aromatic rings. The van der Waals surface area contributed by atoms with Gasteiger partial charge in [0, 0.05) is 26.2 Å². The van der Waals surface area contributed by atoms with Crippen LogP contribution in [0.1, 0.15) is 16.1 Å². The second-order valence-corrected chi connectivity index (χ2v) is 4.17. The SMILES string of the molecule is NC(=O)c1ccc(C(F)(F)F)nc1N1CCNCC1. The fourth-order valence-corrected chi connectivity index (χ4v) is 1.92. The molecule has 1 fully saturated rings. The fourth-order valence-electron chi connectivity index (χ4n) is 1.92. The summed E-state index contributed by atoms with van der Waals surface area (Å²) in [5.41, 5.74) is 4.16. The molecule has 1 aromatic heterocycles. The number of rotatable bonds is 2. The standard InChI is InChI=1S/C11H13F3N4O/c12-11(13,14)8-2-1-7(9(15)19)10(17-8)18-5-3-16-4-6-18/h1-2,16H,3-6H2,(H2,15,19). The third-order valence-corrected chi connectivity index (χ3v) is 2.85. The van der Waals surface area contributed by atoms with Crippen LogP contribution in [0.15, 0.2) is 12.1 Å². The van der Waals surface area contributed by atoms with Crippen LogP contribution < -0.4 is 16.0 Å². The van der Waals surface area contributed by atoms with Crippen molar-refractivity contribution in [3.05, 3.63) is 23.4 Å². The van der Waals surface area contributed by atoms with Crippen molar-refractivity contribution in [1.82, 2.24) is 10.3 Å². The third kappa shape index (κ3) is 2.95. The van der Waals surface area contributed by atoms with Crippen LogP contribution in [0.5, 0.6) is 0 Å². The van der Waals surface area contributed by atoms with Crippen LogP contribution in [0.25, 0.3) is 0 Å². The van der Waals surface area contributed by atoms with Gasteiger partial charge in [-0.2, -0.15) is 13.2 Å². The van der Waals surface area contributed by atoms with Crippen molar-refractivity contribution in [3.8, 4) is 0 Å². The number of pyridine rings is 1. The number of nitrogens with zero attached hydrogens (tertiary/aromatic N) is 2. The highest BCUT2D eigenvalue weighted by atomic mass is 19.4. The molecule has 0 bridgehead atoms. The third-order valence-electron chi connectivity index (χ3n) is 2.85. The van der Waals surface area contributed by atoms with Crippen molar-refractivity contribution in [2.75, 3.05) is 31.1 Å². The Balaban J connectivity index is 2.44. The molecule has 1 amide bonds. The van der Waals surface area contributed by atoms with Gasteiger partial charge in [-0.05, 0) is 12.1 Å². The molecule has 2 heterocycles. The Bertz CT molecular complexity index is 483. The zero-order valence-electron chi connectivity index (χ0n) is 10.00. The number of nitrogens with two attached hydrogens (primary N) is 1. The van der Waals surface area contributed by atoms with Crippen LogP contribution in [0, 0.1) is 0 Å². The van der Waals surface area contributed by atoms with Gasteiger partial charge in [-0.15, -0.1) is 0 Å². The molecule has 1 aliphatic heterocycles. The quantitative estimate of drug-likeness (QED) is 0.829. The monoisotopic (exact) mass is 274 g/mol. The first-order valence-electron chi connectivity index (χ1n) is 5.73. The summed E-state index contributed by atoms with van der Waals surface area (Å²) in [6, 6.07) is 1.85. The summed E-state index contributed by atoms with van der Waals surface area (Å²) in [4.78, 5) is 16.5. The highest BCUT2D eigenvalue weighted by molar-refractivity contribution is 5.97. The van der Waals surface area contributed by atoms with Crippen molar-refractivity contribution in [1.29, 1.82) is 0 Å². The van der Waals surface area contributed by atoms with Gasteiger partial charge >= 0.3 is 6.18 Å². The van der Waals surface area contributed by atoms with Crippen LogP contribution in [-0.2, 0) is 6.18 Å². The summed E-state index contributed by atoms with van der Waals surface area (Å²) in [6.07, 6.45) is -4.54. The van der Waals surface area contributed by atoms with Crippen molar-refractivity contribution in [2.24, 2.45) is 5.73 Å². The number of carbonyl (C=O) groups is 1. The van der Waals surface area contributed by atoms with E-state index in [1.54, 1.807) is 4.90 Å². The van der Waals surface area contributed by atoms with Gasteiger partial charge in [-0.1, -0.05) is 0 Å². The molecule has 1 aliphatic rings.